The molecule has 1 aromatic carbocycles. The van der Waals surface area contributed by atoms with Crippen LogP contribution in [0, 0.1) is 0 Å². The predicted octanol–water partition coefficient (Wildman–Crippen LogP) is 7.27. The molecule has 0 aliphatic carbocycles. The molecule has 0 spiro atoms. The van der Waals surface area contributed by atoms with Gasteiger partial charge in [0, 0.05) is 33.9 Å². The number of hydrogen-bond donors (Lipinski definition) is 0. The summed E-state index contributed by atoms with van der Waals surface area (Å²) < 4.78 is 47.6. The van der Waals surface area contributed by atoms with E-state index in [0.717, 1.165) is 33.9 Å². The quantitative estimate of drug-likeness (QED) is 0.178. The van der Waals surface area contributed by atoms with Crippen LogP contribution in [0.15, 0.2) is 32.9 Å². The van der Waals surface area contributed by atoms with Gasteiger partial charge in [-0.05, 0) is 27.7 Å². The summed E-state index contributed by atoms with van der Waals surface area (Å²) in [6.45, 7) is 1.50. The van der Waals surface area contributed by atoms with Gasteiger partial charge < -0.3 is 18.1 Å². The molecule has 186 valence electrons. The van der Waals surface area contributed by atoms with Crippen LogP contribution in [0.3, 0.4) is 0 Å². The average molecular weight is 583 g/mol. The van der Waals surface area contributed by atoms with Crippen molar-refractivity contribution in [3.8, 4) is 21.1 Å². The Hall–Kier alpha value is -0.660. The minimum absolute atomic E-state index is 0.276. The van der Waals surface area contributed by atoms with Gasteiger partial charge in [-0.15, -0.1) is 20.4 Å². The standard InChI is InChI=1S/C18H24N4O6P2S4/c1-5-25-29(23,26-6-2)33-17-21-19-15(31-17)13-9-11-14(12-10-13)16-20-22-18(32-16)34-30(24,27-7-3)28-8-4/h9-12H,5-8H2,1-4H3. The fraction of sp³-hybridized carbons (Fsp3) is 0.444. The van der Waals surface area contributed by atoms with Crippen LogP contribution in [0.25, 0.3) is 21.1 Å². The molecule has 0 bridgehead atoms. The number of aromatic nitrogens is 4. The van der Waals surface area contributed by atoms with Gasteiger partial charge in [0.2, 0.25) is 0 Å². The summed E-state index contributed by atoms with van der Waals surface area (Å²) in [6, 6.07) is 7.59. The highest BCUT2D eigenvalue weighted by molar-refractivity contribution is 8.56. The van der Waals surface area contributed by atoms with E-state index in [9.17, 15) is 9.13 Å². The van der Waals surface area contributed by atoms with Crippen molar-refractivity contribution >= 4 is 59.0 Å². The summed E-state index contributed by atoms with van der Waals surface area (Å²) in [7, 11) is 0. The highest BCUT2D eigenvalue weighted by atomic mass is 32.7. The Bertz CT molecular complexity index is 1050. The van der Waals surface area contributed by atoms with Crippen LogP contribution in [0.1, 0.15) is 27.7 Å². The fourth-order valence-corrected chi connectivity index (χ4v) is 12.2. The highest BCUT2D eigenvalue weighted by Gasteiger charge is 2.29. The summed E-state index contributed by atoms with van der Waals surface area (Å²) in [6.07, 6.45) is 0. The number of benzene rings is 1. The van der Waals surface area contributed by atoms with Gasteiger partial charge in [-0.25, -0.2) is 9.13 Å². The van der Waals surface area contributed by atoms with Gasteiger partial charge in [-0.1, -0.05) is 46.9 Å². The summed E-state index contributed by atoms with van der Waals surface area (Å²) in [4.78, 5) is 0. The smallest absolute Gasteiger partial charge is 0.301 e. The third-order valence-corrected chi connectivity index (χ3v) is 13.9. The minimum Gasteiger partial charge on any atom is -0.301 e. The highest BCUT2D eigenvalue weighted by Crippen LogP contribution is 2.65. The Labute approximate surface area is 214 Å². The zero-order chi connectivity index (χ0) is 24.6. The van der Waals surface area contributed by atoms with Crippen LogP contribution >= 0.6 is 59.0 Å². The molecule has 0 amide bonds. The predicted molar refractivity (Wildman–Crippen MR) is 138 cm³/mol. The maximum atomic E-state index is 12.7. The normalized spacial score (nSPS) is 12.4. The first kappa shape index (κ1) is 27.9. The summed E-state index contributed by atoms with van der Waals surface area (Å²) >= 11 is 4.54. The molecule has 0 aliphatic heterocycles. The van der Waals surface area contributed by atoms with Gasteiger partial charge in [-0.3, -0.25) is 0 Å². The molecule has 34 heavy (non-hydrogen) atoms. The van der Waals surface area contributed by atoms with Gasteiger partial charge in [0.1, 0.15) is 10.0 Å². The van der Waals surface area contributed by atoms with E-state index in [0.29, 0.717) is 18.7 Å². The minimum atomic E-state index is -3.32. The molecule has 0 radical (unpaired) electrons. The summed E-state index contributed by atoms with van der Waals surface area (Å²) in [5.74, 6) is 0. The molecule has 3 rings (SSSR count). The van der Waals surface area contributed by atoms with E-state index in [-0.39, 0.29) is 26.4 Å². The van der Waals surface area contributed by atoms with Gasteiger partial charge >= 0.3 is 13.6 Å². The average Bonchev–Trinajstić information content (AvgIpc) is 3.44. The first-order chi connectivity index (χ1) is 16.3. The molecule has 16 heteroatoms. The largest absolute Gasteiger partial charge is 0.396 e. The topological polar surface area (TPSA) is 123 Å². The van der Waals surface area contributed by atoms with E-state index < -0.39 is 13.6 Å². The lowest BCUT2D eigenvalue weighted by atomic mass is 10.1. The zero-order valence-corrected chi connectivity index (χ0v) is 24.0. The third-order valence-electron chi connectivity index (χ3n) is 3.72. The number of nitrogens with zero attached hydrogens (tertiary/aromatic N) is 4. The first-order valence-electron chi connectivity index (χ1n) is 10.3. The van der Waals surface area contributed by atoms with Crippen LogP contribution in [0.4, 0.5) is 0 Å². The number of rotatable bonds is 14. The van der Waals surface area contributed by atoms with E-state index >= 15 is 0 Å². The number of hydrogen-bond acceptors (Lipinski definition) is 14. The van der Waals surface area contributed by atoms with Crippen molar-refractivity contribution in [2.45, 2.75) is 36.4 Å². The molecule has 10 nitrogen and oxygen atoms in total. The van der Waals surface area contributed by atoms with Gasteiger partial charge in [0.05, 0.1) is 26.4 Å². The van der Waals surface area contributed by atoms with Crippen LogP contribution in [0.5, 0.6) is 0 Å². The van der Waals surface area contributed by atoms with E-state index in [4.69, 9.17) is 18.1 Å². The molecule has 0 saturated heterocycles. The fourth-order valence-electron chi connectivity index (χ4n) is 2.49. The Kier molecular flexibility index (Phi) is 10.7. The SMILES string of the molecule is CCOP(=O)(OCC)Sc1nnc(-c2ccc(-c3nnc(SP(=O)(OCC)OCC)s3)cc2)s1. The van der Waals surface area contributed by atoms with E-state index in [1.54, 1.807) is 27.7 Å². The maximum absolute atomic E-state index is 12.7. The molecular formula is C18H24N4O6P2S4. The van der Waals surface area contributed by atoms with Crippen LogP contribution < -0.4 is 0 Å². The Morgan fingerprint density at radius 2 is 0.971 bits per heavy atom. The van der Waals surface area contributed by atoms with Crippen molar-refractivity contribution in [3.05, 3.63) is 24.3 Å². The van der Waals surface area contributed by atoms with E-state index in [1.807, 2.05) is 24.3 Å². The molecule has 0 aliphatic rings. The molecule has 0 saturated carbocycles. The third kappa shape index (κ3) is 7.67. The Morgan fingerprint density at radius 3 is 1.26 bits per heavy atom. The van der Waals surface area contributed by atoms with Crippen molar-refractivity contribution < 1.29 is 27.2 Å². The van der Waals surface area contributed by atoms with Crippen LogP contribution in [-0.4, -0.2) is 46.8 Å². The molecule has 0 atom stereocenters. The van der Waals surface area contributed by atoms with Crippen molar-refractivity contribution in [1.29, 1.82) is 0 Å². The monoisotopic (exact) mass is 582 g/mol. The summed E-state index contributed by atoms with van der Waals surface area (Å²) in [5, 5.41) is 18.0. The molecule has 0 N–H and O–H groups in total. The van der Waals surface area contributed by atoms with Crippen LogP contribution in [0.2, 0.25) is 0 Å². The molecule has 2 heterocycles. The maximum Gasteiger partial charge on any atom is 0.396 e. The van der Waals surface area contributed by atoms with Crippen molar-refractivity contribution in [1.82, 2.24) is 20.4 Å². The summed E-state index contributed by atoms with van der Waals surface area (Å²) in [5.41, 5.74) is 1.71. The molecule has 3 aromatic rings. The van der Waals surface area contributed by atoms with Crippen molar-refractivity contribution in [2.75, 3.05) is 26.4 Å². The van der Waals surface area contributed by atoms with E-state index in [1.165, 1.54) is 22.7 Å². The molecule has 0 fully saturated rings. The van der Waals surface area contributed by atoms with Gasteiger partial charge in [-0.2, -0.15) is 0 Å². The second-order valence-corrected chi connectivity index (χ2v) is 16.3. The Balaban J connectivity index is 1.71. The van der Waals surface area contributed by atoms with Gasteiger partial charge in [0.15, 0.2) is 8.68 Å². The van der Waals surface area contributed by atoms with Crippen molar-refractivity contribution in [3.63, 3.8) is 0 Å². The van der Waals surface area contributed by atoms with Crippen molar-refractivity contribution in [2.24, 2.45) is 0 Å². The lowest BCUT2D eigenvalue weighted by molar-refractivity contribution is 0.236. The Morgan fingerprint density at radius 1 is 0.647 bits per heavy atom. The molecule has 0 unspecified atom stereocenters. The lowest BCUT2D eigenvalue weighted by Crippen LogP contribution is -1.91. The second kappa shape index (κ2) is 13.0. The zero-order valence-electron chi connectivity index (χ0n) is 18.9. The van der Waals surface area contributed by atoms with E-state index in [2.05, 4.69) is 20.4 Å². The molecular weight excluding hydrogens is 558 g/mol. The lowest BCUT2D eigenvalue weighted by Gasteiger charge is -2.13. The second-order valence-electron chi connectivity index (χ2n) is 6.07. The first-order valence-corrected chi connectivity index (χ1v) is 17.8. The van der Waals surface area contributed by atoms with Crippen LogP contribution in [-0.2, 0) is 27.2 Å². The van der Waals surface area contributed by atoms with Gasteiger partial charge in [0.25, 0.3) is 0 Å². The molecule has 2 aromatic heterocycles.